The summed E-state index contributed by atoms with van der Waals surface area (Å²) in [7, 11) is 0. The summed E-state index contributed by atoms with van der Waals surface area (Å²) < 4.78 is 91.8. The summed E-state index contributed by atoms with van der Waals surface area (Å²) in [6, 6.07) is 13.3. The van der Waals surface area contributed by atoms with Crippen LogP contribution >= 0.6 is 22.7 Å². The second-order valence-electron chi connectivity index (χ2n) is 9.34. The van der Waals surface area contributed by atoms with Crippen molar-refractivity contribution < 1.29 is 46.1 Å². The second-order valence-corrected chi connectivity index (χ2v) is 11.8. The maximum atomic E-state index is 15.5. The Hall–Kier alpha value is -3.90. The van der Waals surface area contributed by atoms with E-state index in [1.54, 1.807) is 0 Å². The van der Waals surface area contributed by atoms with E-state index in [9.17, 15) is 28.6 Å². The zero-order valence-electron chi connectivity index (χ0n) is 21.1. The highest BCUT2D eigenvalue weighted by Crippen LogP contribution is 2.66. The van der Waals surface area contributed by atoms with E-state index in [0.29, 0.717) is 0 Å². The zero-order chi connectivity index (χ0) is 30.1. The van der Waals surface area contributed by atoms with Gasteiger partial charge in [0.15, 0.2) is 0 Å². The van der Waals surface area contributed by atoms with Crippen LogP contribution in [0.25, 0.3) is 32.0 Å². The Morgan fingerprint density at radius 2 is 0.951 bits per heavy atom. The van der Waals surface area contributed by atoms with Crippen LogP contribution in [-0.4, -0.2) is 39.9 Å². The minimum Gasteiger partial charge on any atom is -0.478 e. The van der Waals surface area contributed by atoms with Crippen LogP contribution in [0.2, 0.25) is 0 Å². The number of alkyl halides is 6. The molecule has 1 aliphatic carbocycles. The highest BCUT2D eigenvalue weighted by atomic mass is 32.1. The van der Waals surface area contributed by atoms with E-state index in [1.165, 1.54) is 62.4 Å². The number of allylic oxidation sites excluding steroid dienone is 2. The number of benzene rings is 2. The van der Waals surface area contributed by atoms with Crippen molar-refractivity contribution in [2.45, 2.75) is 31.6 Å². The summed E-state index contributed by atoms with van der Waals surface area (Å²) in [5.74, 6) is -19.0. The molecule has 41 heavy (non-hydrogen) atoms. The molecule has 2 heterocycles. The fourth-order valence-corrected chi connectivity index (χ4v) is 7.06. The zero-order valence-corrected chi connectivity index (χ0v) is 22.7. The molecule has 0 fully saturated rings. The van der Waals surface area contributed by atoms with E-state index in [1.807, 2.05) is 0 Å². The van der Waals surface area contributed by atoms with Gasteiger partial charge < -0.3 is 10.2 Å². The topological polar surface area (TPSA) is 74.6 Å². The predicted molar refractivity (Wildman–Crippen MR) is 145 cm³/mol. The Morgan fingerprint density at radius 3 is 1.29 bits per heavy atom. The molecule has 0 spiro atoms. The van der Waals surface area contributed by atoms with Gasteiger partial charge in [0.25, 0.3) is 0 Å². The summed E-state index contributed by atoms with van der Waals surface area (Å²) >= 11 is 1.62. The average Bonchev–Trinajstić information content (AvgIpc) is 3.50. The number of aryl methyl sites for hydroxylation is 2. The largest absolute Gasteiger partial charge is 0.478 e. The Balaban J connectivity index is 1.80. The molecule has 4 nitrogen and oxygen atoms in total. The first-order valence-electron chi connectivity index (χ1n) is 11.9. The lowest BCUT2D eigenvalue weighted by atomic mass is 9.94. The molecule has 0 aliphatic heterocycles. The van der Waals surface area contributed by atoms with Gasteiger partial charge in [-0.15, -0.1) is 22.7 Å². The third kappa shape index (κ3) is 4.19. The van der Waals surface area contributed by atoms with E-state index in [2.05, 4.69) is 0 Å². The summed E-state index contributed by atoms with van der Waals surface area (Å²) in [5, 5.41) is 19.1. The molecule has 0 atom stereocenters. The molecule has 0 amide bonds. The van der Waals surface area contributed by atoms with E-state index in [0.717, 1.165) is 34.8 Å². The van der Waals surface area contributed by atoms with Crippen molar-refractivity contribution in [3.05, 3.63) is 92.7 Å². The molecule has 12 heteroatoms. The molecule has 2 N–H and O–H groups in total. The molecule has 0 unspecified atom stereocenters. The number of aromatic carboxylic acids is 2. The SMILES string of the molecule is Cc1sc(-c2ccccc2C(=O)O)cc1C1=C(c2cc(-c3ccccc3C(=O)O)sc2C)C(F)(F)C(F)(F)C1(F)F. The summed E-state index contributed by atoms with van der Waals surface area (Å²) in [6.45, 7) is 2.61. The maximum Gasteiger partial charge on any atom is 0.380 e. The quantitative estimate of drug-likeness (QED) is 0.214. The normalized spacial score (nSPS) is 17.2. The average molecular weight is 609 g/mol. The van der Waals surface area contributed by atoms with Crippen LogP contribution in [0.3, 0.4) is 0 Å². The van der Waals surface area contributed by atoms with Gasteiger partial charge in [0.05, 0.1) is 11.1 Å². The van der Waals surface area contributed by atoms with Gasteiger partial charge in [-0.3, -0.25) is 0 Å². The lowest BCUT2D eigenvalue weighted by Crippen LogP contribution is -2.48. The molecule has 0 saturated carbocycles. The third-order valence-corrected chi connectivity index (χ3v) is 9.05. The molecule has 0 bridgehead atoms. The molecular formula is C29H18F6O4S2. The van der Waals surface area contributed by atoms with Crippen molar-refractivity contribution in [3.63, 3.8) is 0 Å². The molecule has 4 aromatic rings. The Labute approximate surface area is 236 Å². The van der Waals surface area contributed by atoms with Crippen LogP contribution in [0.15, 0.2) is 60.7 Å². The van der Waals surface area contributed by atoms with Gasteiger partial charge in [-0.25, -0.2) is 9.59 Å². The van der Waals surface area contributed by atoms with Crippen molar-refractivity contribution in [3.8, 4) is 20.9 Å². The first kappa shape index (κ1) is 28.6. The van der Waals surface area contributed by atoms with E-state index in [-0.39, 0.29) is 41.8 Å². The van der Waals surface area contributed by atoms with Crippen molar-refractivity contribution in [1.82, 2.24) is 0 Å². The number of halogens is 6. The number of hydrogen-bond acceptors (Lipinski definition) is 4. The fourth-order valence-electron chi connectivity index (χ4n) is 4.93. The van der Waals surface area contributed by atoms with Gasteiger partial charge in [-0.1, -0.05) is 36.4 Å². The van der Waals surface area contributed by atoms with Gasteiger partial charge in [0.2, 0.25) is 0 Å². The van der Waals surface area contributed by atoms with Crippen LogP contribution in [-0.2, 0) is 0 Å². The van der Waals surface area contributed by atoms with E-state index < -0.39 is 52.0 Å². The van der Waals surface area contributed by atoms with Gasteiger partial charge in [-0.2, -0.15) is 26.3 Å². The first-order valence-corrected chi connectivity index (χ1v) is 13.5. The van der Waals surface area contributed by atoms with Crippen molar-refractivity contribution in [2.75, 3.05) is 0 Å². The molecule has 5 rings (SSSR count). The summed E-state index contributed by atoms with van der Waals surface area (Å²) in [6.07, 6.45) is 0. The monoisotopic (exact) mass is 608 g/mol. The van der Waals surface area contributed by atoms with Crippen LogP contribution < -0.4 is 0 Å². The lowest BCUT2D eigenvalue weighted by molar-refractivity contribution is -0.254. The Kier molecular flexibility index (Phi) is 6.69. The molecule has 1 aliphatic rings. The number of carbonyl (C=O) groups is 2. The number of hydrogen-bond donors (Lipinski definition) is 2. The standard InChI is InChI=1S/C29H18F6O4S2/c1-13-19(11-21(40-13)15-7-3-5-9-17(15)25(36)37)23-24(28(32,33)29(34,35)27(23,30)31)20-12-22(41-14(20)2)16-8-4-6-10-18(16)26(38)39/h3-12H,1-2H3,(H,36,37)(H,38,39). The fraction of sp³-hybridized carbons (Fsp3) is 0.172. The molecule has 0 saturated heterocycles. The minimum atomic E-state index is -5.79. The number of rotatable bonds is 6. The van der Waals surface area contributed by atoms with Crippen LogP contribution in [0, 0.1) is 13.8 Å². The van der Waals surface area contributed by atoms with Crippen LogP contribution in [0.5, 0.6) is 0 Å². The number of carboxylic acid groups (broad SMARTS) is 2. The summed E-state index contributed by atoms with van der Waals surface area (Å²) in [4.78, 5) is 23.7. The van der Waals surface area contributed by atoms with E-state index in [4.69, 9.17) is 0 Å². The number of thiophene rings is 2. The Morgan fingerprint density at radius 1 is 0.610 bits per heavy atom. The molecule has 2 aromatic heterocycles. The smallest absolute Gasteiger partial charge is 0.380 e. The van der Waals surface area contributed by atoms with Gasteiger partial charge in [0, 0.05) is 41.8 Å². The highest BCUT2D eigenvalue weighted by Gasteiger charge is 2.80. The first-order chi connectivity index (χ1) is 19.1. The van der Waals surface area contributed by atoms with Gasteiger partial charge in [-0.05, 0) is 49.2 Å². The maximum absolute atomic E-state index is 15.5. The van der Waals surface area contributed by atoms with Gasteiger partial charge in [0.1, 0.15) is 0 Å². The lowest BCUT2D eigenvalue weighted by Gasteiger charge is -2.25. The molecular weight excluding hydrogens is 590 g/mol. The highest BCUT2D eigenvalue weighted by molar-refractivity contribution is 7.16. The Bertz CT molecular complexity index is 1640. The second kappa shape index (κ2) is 9.59. The molecule has 212 valence electrons. The van der Waals surface area contributed by atoms with Crippen LogP contribution in [0.1, 0.15) is 41.6 Å². The minimum absolute atomic E-state index is 0.00481. The van der Waals surface area contributed by atoms with E-state index >= 15 is 17.6 Å². The predicted octanol–water partition coefficient (Wildman–Crippen LogP) is 8.99. The molecule has 0 radical (unpaired) electrons. The van der Waals surface area contributed by atoms with Crippen molar-refractivity contribution in [2.24, 2.45) is 0 Å². The van der Waals surface area contributed by atoms with Crippen molar-refractivity contribution >= 4 is 45.8 Å². The third-order valence-electron chi connectivity index (χ3n) is 6.89. The van der Waals surface area contributed by atoms with Crippen molar-refractivity contribution in [1.29, 1.82) is 0 Å². The summed E-state index contributed by atoms with van der Waals surface area (Å²) in [5.41, 5.74) is -4.36. The van der Waals surface area contributed by atoms with Crippen LogP contribution in [0.4, 0.5) is 26.3 Å². The van der Waals surface area contributed by atoms with Gasteiger partial charge >= 0.3 is 29.7 Å². The number of carboxylic acids is 2. The molecule has 2 aromatic carbocycles.